The summed E-state index contributed by atoms with van der Waals surface area (Å²) in [5.41, 5.74) is 4.79. The molecule has 0 saturated heterocycles. The summed E-state index contributed by atoms with van der Waals surface area (Å²) in [7, 11) is 0. The minimum atomic E-state index is 0.178. The zero-order valence-electron chi connectivity index (χ0n) is 11.7. The van der Waals surface area contributed by atoms with Crippen LogP contribution in [0.15, 0.2) is 36.4 Å². The van der Waals surface area contributed by atoms with E-state index in [9.17, 15) is 4.79 Å². The van der Waals surface area contributed by atoms with Crippen molar-refractivity contribution in [1.29, 1.82) is 0 Å². The summed E-state index contributed by atoms with van der Waals surface area (Å²) >= 11 is 12.0. The molecule has 0 aliphatic heterocycles. The molecule has 0 amide bonds. The fourth-order valence-corrected chi connectivity index (χ4v) is 3.38. The Kier molecular flexibility index (Phi) is 4.32. The number of Topliss-reactive ketones (excluding diaryl/α,β-unsaturated/α-hetero) is 1. The van der Waals surface area contributed by atoms with Crippen molar-refractivity contribution in [1.82, 2.24) is 0 Å². The lowest BCUT2D eigenvalue weighted by molar-refractivity contribution is -0.117. The van der Waals surface area contributed by atoms with Crippen LogP contribution in [0.5, 0.6) is 0 Å². The van der Waals surface area contributed by atoms with E-state index >= 15 is 0 Å². The SMILES string of the molecule is O=C(Cc1ccc2c(c1)CCC2)Cc1ccc(Cl)cc1Cl. The molecule has 0 heterocycles. The third kappa shape index (κ3) is 3.48. The van der Waals surface area contributed by atoms with Crippen LogP contribution >= 0.6 is 23.2 Å². The van der Waals surface area contributed by atoms with E-state index in [2.05, 4.69) is 18.2 Å². The van der Waals surface area contributed by atoms with Crippen molar-refractivity contribution in [2.24, 2.45) is 0 Å². The normalized spacial score (nSPS) is 13.2. The summed E-state index contributed by atoms with van der Waals surface area (Å²) in [4.78, 5) is 12.2. The van der Waals surface area contributed by atoms with Crippen LogP contribution < -0.4 is 0 Å². The number of hydrogen-bond acceptors (Lipinski definition) is 1. The summed E-state index contributed by atoms with van der Waals surface area (Å²) in [6, 6.07) is 11.7. The fraction of sp³-hybridized carbons (Fsp3) is 0.278. The molecule has 0 atom stereocenters. The summed E-state index contributed by atoms with van der Waals surface area (Å²) in [6.45, 7) is 0. The molecule has 1 aliphatic carbocycles. The maximum Gasteiger partial charge on any atom is 0.141 e. The average Bonchev–Trinajstić information content (AvgIpc) is 2.89. The van der Waals surface area contributed by atoms with Gasteiger partial charge in [-0.3, -0.25) is 4.79 Å². The van der Waals surface area contributed by atoms with Crippen molar-refractivity contribution in [2.75, 3.05) is 0 Å². The Labute approximate surface area is 134 Å². The minimum absolute atomic E-state index is 0.178. The molecular weight excluding hydrogens is 303 g/mol. The Bertz CT molecular complexity index is 692. The van der Waals surface area contributed by atoms with Gasteiger partial charge in [-0.15, -0.1) is 0 Å². The van der Waals surface area contributed by atoms with Crippen LogP contribution in [0.2, 0.25) is 10.0 Å². The molecule has 3 heteroatoms. The smallest absolute Gasteiger partial charge is 0.141 e. The average molecular weight is 319 g/mol. The van der Waals surface area contributed by atoms with Crippen LogP contribution in [0, 0.1) is 0 Å². The van der Waals surface area contributed by atoms with Gasteiger partial charge in [0.25, 0.3) is 0 Å². The van der Waals surface area contributed by atoms with Crippen molar-refractivity contribution in [3.05, 3.63) is 68.7 Å². The number of fused-ring (bicyclic) bond motifs is 1. The largest absolute Gasteiger partial charge is 0.299 e. The number of hydrogen-bond donors (Lipinski definition) is 0. The maximum atomic E-state index is 12.2. The van der Waals surface area contributed by atoms with Gasteiger partial charge in [-0.1, -0.05) is 47.5 Å². The highest BCUT2D eigenvalue weighted by atomic mass is 35.5. The van der Waals surface area contributed by atoms with E-state index in [1.54, 1.807) is 12.1 Å². The van der Waals surface area contributed by atoms with Crippen molar-refractivity contribution >= 4 is 29.0 Å². The van der Waals surface area contributed by atoms with Crippen molar-refractivity contribution in [3.63, 3.8) is 0 Å². The van der Waals surface area contributed by atoms with Gasteiger partial charge >= 0.3 is 0 Å². The van der Waals surface area contributed by atoms with Gasteiger partial charge in [-0.2, -0.15) is 0 Å². The van der Waals surface area contributed by atoms with E-state index in [1.807, 2.05) is 6.07 Å². The predicted molar refractivity (Wildman–Crippen MR) is 87.3 cm³/mol. The lowest BCUT2D eigenvalue weighted by Gasteiger charge is -2.06. The first kappa shape index (κ1) is 14.6. The Morgan fingerprint density at radius 3 is 2.57 bits per heavy atom. The highest BCUT2D eigenvalue weighted by Crippen LogP contribution is 2.24. The van der Waals surface area contributed by atoms with Crippen molar-refractivity contribution < 1.29 is 4.79 Å². The Hall–Kier alpha value is -1.31. The van der Waals surface area contributed by atoms with E-state index in [0.717, 1.165) is 17.5 Å². The quantitative estimate of drug-likeness (QED) is 0.788. The second-order valence-corrected chi connectivity index (χ2v) is 6.43. The molecule has 21 heavy (non-hydrogen) atoms. The number of aryl methyl sites for hydroxylation is 2. The monoisotopic (exact) mass is 318 g/mol. The van der Waals surface area contributed by atoms with Crippen LogP contribution in [0.3, 0.4) is 0 Å². The predicted octanol–water partition coefficient (Wildman–Crippen LogP) is 4.84. The van der Waals surface area contributed by atoms with Crippen LogP contribution in [0.4, 0.5) is 0 Å². The van der Waals surface area contributed by atoms with Gasteiger partial charge in [-0.25, -0.2) is 0 Å². The van der Waals surface area contributed by atoms with Crippen molar-refractivity contribution in [2.45, 2.75) is 32.1 Å². The number of carbonyl (C=O) groups excluding carboxylic acids is 1. The first-order valence-corrected chi connectivity index (χ1v) is 7.94. The molecule has 0 saturated carbocycles. The first-order chi connectivity index (χ1) is 10.1. The van der Waals surface area contributed by atoms with E-state index in [0.29, 0.717) is 22.9 Å². The number of benzene rings is 2. The Balaban J connectivity index is 1.69. The summed E-state index contributed by atoms with van der Waals surface area (Å²) in [5.74, 6) is 0.178. The number of halogens is 2. The van der Waals surface area contributed by atoms with Crippen molar-refractivity contribution in [3.8, 4) is 0 Å². The molecule has 0 aromatic heterocycles. The second-order valence-electron chi connectivity index (χ2n) is 5.58. The van der Waals surface area contributed by atoms with Gasteiger partial charge in [0.1, 0.15) is 5.78 Å². The molecule has 0 bridgehead atoms. The van der Waals surface area contributed by atoms with Gasteiger partial charge in [0.15, 0.2) is 0 Å². The molecule has 1 aliphatic rings. The molecule has 3 rings (SSSR count). The first-order valence-electron chi connectivity index (χ1n) is 7.18. The number of ketones is 1. The molecule has 0 radical (unpaired) electrons. The third-order valence-electron chi connectivity index (χ3n) is 3.97. The van der Waals surface area contributed by atoms with Gasteiger partial charge in [0.2, 0.25) is 0 Å². The van der Waals surface area contributed by atoms with Gasteiger partial charge < -0.3 is 0 Å². The van der Waals surface area contributed by atoms with E-state index in [-0.39, 0.29) is 5.78 Å². The van der Waals surface area contributed by atoms with Crippen LogP contribution in [0.1, 0.15) is 28.7 Å². The van der Waals surface area contributed by atoms with Crippen LogP contribution in [-0.2, 0) is 30.5 Å². The van der Waals surface area contributed by atoms with E-state index < -0.39 is 0 Å². The number of rotatable bonds is 4. The van der Waals surface area contributed by atoms with Crippen LogP contribution in [-0.4, -0.2) is 5.78 Å². The third-order valence-corrected chi connectivity index (χ3v) is 4.55. The summed E-state index contributed by atoms with van der Waals surface area (Å²) in [6.07, 6.45) is 4.36. The molecule has 0 N–H and O–H groups in total. The molecular formula is C18H16Cl2O. The lowest BCUT2D eigenvalue weighted by Crippen LogP contribution is -2.07. The van der Waals surface area contributed by atoms with Gasteiger partial charge in [0, 0.05) is 22.9 Å². The van der Waals surface area contributed by atoms with Gasteiger partial charge in [0.05, 0.1) is 0 Å². The van der Waals surface area contributed by atoms with E-state index in [1.165, 1.54) is 24.0 Å². The zero-order chi connectivity index (χ0) is 14.8. The summed E-state index contributed by atoms with van der Waals surface area (Å²) < 4.78 is 0. The zero-order valence-corrected chi connectivity index (χ0v) is 13.2. The lowest BCUT2D eigenvalue weighted by atomic mass is 9.99. The molecule has 1 nitrogen and oxygen atoms in total. The molecule has 0 unspecified atom stereocenters. The highest BCUT2D eigenvalue weighted by Gasteiger charge is 2.13. The second kappa shape index (κ2) is 6.21. The Morgan fingerprint density at radius 1 is 0.952 bits per heavy atom. The molecule has 2 aromatic rings. The maximum absolute atomic E-state index is 12.2. The minimum Gasteiger partial charge on any atom is -0.299 e. The van der Waals surface area contributed by atoms with E-state index in [4.69, 9.17) is 23.2 Å². The molecule has 108 valence electrons. The highest BCUT2D eigenvalue weighted by molar-refractivity contribution is 6.35. The fourth-order valence-electron chi connectivity index (χ4n) is 2.90. The summed E-state index contributed by atoms with van der Waals surface area (Å²) in [5, 5.41) is 1.15. The Morgan fingerprint density at radius 2 is 1.76 bits per heavy atom. The van der Waals surface area contributed by atoms with Gasteiger partial charge in [-0.05, 0) is 53.6 Å². The standard InChI is InChI=1S/C18H16Cl2O/c19-16-7-6-15(18(20)11-16)10-17(21)9-12-4-5-13-2-1-3-14(13)8-12/h4-8,11H,1-3,9-10H2. The topological polar surface area (TPSA) is 17.1 Å². The molecule has 2 aromatic carbocycles. The molecule has 0 fully saturated rings. The van der Waals surface area contributed by atoms with Crippen LogP contribution in [0.25, 0.3) is 0 Å². The number of carbonyl (C=O) groups is 1. The molecule has 0 spiro atoms.